The Labute approximate surface area is 367 Å². The fourth-order valence-corrected chi connectivity index (χ4v) is 9.72. The molecule has 10 rings (SSSR count). The van der Waals surface area contributed by atoms with E-state index in [1.165, 1.54) is 10.8 Å². The van der Waals surface area contributed by atoms with Crippen LogP contribution in [0.3, 0.4) is 0 Å². The summed E-state index contributed by atoms with van der Waals surface area (Å²) in [6.45, 7) is 11.7. The van der Waals surface area contributed by atoms with Crippen LogP contribution < -0.4 is 5.19 Å². The molecule has 6 heteroatoms. The average molecular weight is 972 g/mol. The van der Waals surface area contributed by atoms with Crippen LogP contribution in [0.1, 0.15) is 25.3 Å². The summed E-state index contributed by atoms with van der Waals surface area (Å²) in [4.78, 5) is 9.88. The molecule has 0 aliphatic rings. The second-order valence-electron chi connectivity index (χ2n) is 16.2. The first kappa shape index (κ1) is 40.6. The molecule has 0 aliphatic heterocycles. The van der Waals surface area contributed by atoms with E-state index in [2.05, 4.69) is 183 Å². The molecule has 0 N–H and O–H groups in total. The minimum Gasteiger partial charge on any atom is -0.501 e. The molecule has 0 atom stereocenters. The van der Waals surface area contributed by atoms with E-state index in [0.717, 1.165) is 83.6 Å². The number of benzene rings is 7. The molecule has 3 heterocycles. The second-order valence-corrected chi connectivity index (χ2v) is 21.3. The summed E-state index contributed by atoms with van der Waals surface area (Å²) in [6, 6.07) is 65.2. The van der Waals surface area contributed by atoms with Gasteiger partial charge in [0.2, 0.25) is 0 Å². The van der Waals surface area contributed by atoms with Gasteiger partial charge in [-0.2, -0.15) is 0 Å². The summed E-state index contributed by atoms with van der Waals surface area (Å²) in [7, 11) is -1.34. The van der Waals surface area contributed by atoms with Gasteiger partial charge in [-0.15, -0.1) is 54.1 Å². The van der Waals surface area contributed by atoms with Crippen molar-refractivity contribution in [1.29, 1.82) is 0 Å². The Hall–Kier alpha value is -6.17. The molecule has 0 saturated carbocycles. The van der Waals surface area contributed by atoms with Crippen molar-refractivity contribution in [3.8, 4) is 50.6 Å². The molecule has 0 unspecified atom stereocenters. The number of pyridine rings is 1. The molecule has 0 bridgehead atoms. The van der Waals surface area contributed by atoms with Crippen LogP contribution in [-0.2, 0) is 20.1 Å². The number of imidazole rings is 1. The maximum atomic E-state index is 6.47. The fraction of sp³-hybridized carbons (Fsp3) is 0.111. The molecule has 0 aliphatic carbocycles. The number of hydrogen-bond acceptors (Lipinski definition) is 3. The van der Waals surface area contributed by atoms with Crippen LogP contribution in [-0.4, -0.2) is 22.6 Å². The van der Waals surface area contributed by atoms with Gasteiger partial charge >= 0.3 is 0 Å². The van der Waals surface area contributed by atoms with Gasteiger partial charge in [-0.1, -0.05) is 165 Å². The average Bonchev–Trinajstić information content (AvgIpc) is 3.86. The fourth-order valence-electron chi connectivity index (χ4n) is 8.04. The Kier molecular flexibility index (Phi) is 11.6. The quantitative estimate of drug-likeness (QED) is 0.118. The summed E-state index contributed by atoms with van der Waals surface area (Å²) in [5.74, 6) is 1.33. The van der Waals surface area contributed by atoms with E-state index in [4.69, 9.17) is 9.40 Å². The molecule has 297 valence electrons. The Morgan fingerprint density at radius 2 is 1.28 bits per heavy atom. The van der Waals surface area contributed by atoms with Gasteiger partial charge in [-0.3, -0.25) is 4.98 Å². The number of fused-ring (bicyclic) bond motifs is 4. The molecular formula is C54H45IrN3OSi-2. The standard InChI is InChI=1S/C37H23N2O.C17H22NSi.Ir/c1-3-13-25(14-4-1)27-18-11-19-28(26-15-5-2-6-16-26)35(27)39-33-23-9-8-22-32(33)38-37(39)31-21-12-20-30-29-17-7-10-24-34(29)40-36(30)31;1-13(2)15-11-16(14-9-7-6-8-10-14)18-12-17(15)19(3,4)5;/h1-20,22-24H;6-9,11-13H,1-5H3;/q2*-1;. The molecule has 60 heavy (non-hydrogen) atoms. The molecule has 4 nitrogen and oxygen atoms in total. The first-order chi connectivity index (χ1) is 28.8. The van der Waals surface area contributed by atoms with Crippen molar-refractivity contribution in [2.45, 2.75) is 39.4 Å². The minimum absolute atomic E-state index is 0. The van der Waals surface area contributed by atoms with Gasteiger partial charge in [0.1, 0.15) is 5.58 Å². The molecule has 7 aromatic carbocycles. The van der Waals surface area contributed by atoms with Crippen LogP contribution in [0.15, 0.2) is 180 Å². The first-order valence-electron chi connectivity index (χ1n) is 20.3. The SMILES string of the molecule is CC(C)c1cc(-c2[c-]cccc2)ncc1[Si](C)(C)C.[Ir].[c-]1ccc2c(oc3ccccc32)c1-c1nc2ccccc2n1-c1c(-c2ccccc2)cccc1-c1ccccc1. The number of aromatic nitrogens is 3. The van der Waals surface area contributed by atoms with E-state index in [-0.39, 0.29) is 20.1 Å². The third kappa shape index (κ3) is 7.82. The van der Waals surface area contributed by atoms with Crippen LogP contribution in [0.4, 0.5) is 0 Å². The molecule has 0 amide bonds. The normalized spacial score (nSPS) is 11.4. The van der Waals surface area contributed by atoms with E-state index in [1.54, 1.807) is 0 Å². The molecule has 3 aromatic heterocycles. The van der Waals surface area contributed by atoms with Crippen molar-refractivity contribution in [3.63, 3.8) is 0 Å². The van der Waals surface area contributed by atoms with Crippen LogP contribution in [0.25, 0.3) is 83.6 Å². The van der Waals surface area contributed by atoms with E-state index in [9.17, 15) is 0 Å². The second kappa shape index (κ2) is 17.2. The van der Waals surface area contributed by atoms with Crippen LogP contribution in [0.2, 0.25) is 19.6 Å². The van der Waals surface area contributed by atoms with Crippen molar-refractivity contribution >= 4 is 46.2 Å². The zero-order valence-corrected chi connectivity index (χ0v) is 37.8. The van der Waals surface area contributed by atoms with E-state index in [0.29, 0.717) is 5.92 Å². The summed E-state index contributed by atoms with van der Waals surface area (Å²) in [6.07, 6.45) is 2.09. The van der Waals surface area contributed by atoms with E-state index in [1.807, 2.05) is 48.5 Å². The van der Waals surface area contributed by atoms with Crippen LogP contribution in [0, 0.1) is 12.1 Å². The van der Waals surface area contributed by atoms with Gasteiger partial charge in [0.25, 0.3) is 0 Å². The summed E-state index contributed by atoms with van der Waals surface area (Å²) < 4.78 is 8.76. The number of para-hydroxylation sites is 4. The smallest absolute Gasteiger partial charge is 0.120 e. The monoisotopic (exact) mass is 972 g/mol. The van der Waals surface area contributed by atoms with Gasteiger partial charge in [-0.05, 0) is 46.1 Å². The topological polar surface area (TPSA) is 43.9 Å². The zero-order chi connectivity index (χ0) is 40.5. The summed E-state index contributed by atoms with van der Waals surface area (Å²) in [5.41, 5.74) is 13.6. The van der Waals surface area contributed by atoms with Crippen LogP contribution in [0.5, 0.6) is 0 Å². The number of furan rings is 1. The van der Waals surface area contributed by atoms with Crippen LogP contribution >= 0.6 is 0 Å². The van der Waals surface area contributed by atoms with Gasteiger partial charge in [0, 0.05) is 42.8 Å². The molecule has 1 radical (unpaired) electrons. The molecule has 10 aromatic rings. The molecule has 0 saturated heterocycles. The molecule has 0 spiro atoms. The van der Waals surface area contributed by atoms with Crippen molar-refractivity contribution < 1.29 is 24.5 Å². The third-order valence-electron chi connectivity index (χ3n) is 10.9. The van der Waals surface area contributed by atoms with E-state index < -0.39 is 8.07 Å². The Bertz CT molecular complexity index is 3000. The van der Waals surface area contributed by atoms with Gasteiger partial charge < -0.3 is 14.0 Å². The predicted molar refractivity (Wildman–Crippen MR) is 249 cm³/mol. The van der Waals surface area contributed by atoms with Gasteiger partial charge in [-0.25, -0.2) is 0 Å². The van der Waals surface area contributed by atoms with Crippen molar-refractivity contribution in [3.05, 3.63) is 194 Å². The Morgan fingerprint density at radius 1 is 0.633 bits per heavy atom. The minimum atomic E-state index is -1.34. The van der Waals surface area contributed by atoms with E-state index >= 15 is 0 Å². The molecular weight excluding hydrogens is 927 g/mol. The Morgan fingerprint density at radius 3 is 1.95 bits per heavy atom. The number of hydrogen-bond donors (Lipinski definition) is 0. The summed E-state index contributed by atoms with van der Waals surface area (Å²) >= 11 is 0. The van der Waals surface area contributed by atoms with Gasteiger partial charge in [0.15, 0.2) is 0 Å². The molecule has 0 fully saturated rings. The maximum Gasteiger partial charge on any atom is 0.120 e. The summed E-state index contributed by atoms with van der Waals surface area (Å²) in [5, 5.41) is 3.62. The van der Waals surface area contributed by atoms with Gasteiger partial charge in [0.05, 0.1) is 36.2 Å². The Balaban J connectivity index is 0.000000211. The predicted octanol–water partition coefficient (Wildman–Crippen LogP) is 13.9. The zero-order valence-electron chi connectivity index (χ0n) is 34.4. The largest absolute Gasteiger partial charge is 0.501 e. The van der Waals surface area contributed by atoms with Crippen molar-refractivity contribution in [2.75, 3.05) is 0 Å². The third-order valence-corrected chi connectivity index (χ3v) is 12.9. The maximum absolute atomic E-state index is 6.47. The number of rotatable bonds is 7. The number of nitrogens with zero attached hydrogens (tertiary/aromatic N) is 3. The van der Waals surface area contributed by atoms with Crippen molar-refractivity contribution in [1.82, 2.24) is 14.5 Å². The first-order valence-corrected chi connectivity index (χ1v) is 23.8. The van der Waals surface area contributed by atoms with Crippen molar-refractivity contribution in [2.24, 2.45) is 0 Å².